The standard InChI is InChI=1S/C21H24N2O4S/c1-2-26-18-8-6-16(7-9-18)21-23-17(15-28-21)13-20(24)22-10-4-11-25-14-19-5-3-12-27-19/h3,5-9,12,15H,2,4,10-11,13-14H2,1H3,(H,22,24). The number of rotatable bonds is 11. The number of aromatic nitrogens is 1. The van der Waals surface area contributed by atoms with E-state index in [0.717, 1.165) is 34.2 Å². The van der Waals surface area contributed by atoms with Gasteiger partial charge in [-0.3, -0.25) is 4.79 Å². The van der Waals surface area contributed by atoms with Crippen LogP contribution in [0.2, 0.25) is 0 Å². The zero-order valence-corrected chi connectivity index (χ0v) is 16.7. The van der Waals surface area contributed by atoms with Crippen LogP contribution in [0.3, 0.4) is 0 Å². The Balaban J connectivity index is 1.36. The Morgan fingerprint density at radius 2 is 2.11 bits per heavy atom. The average Bonchev–Trinajstić information content (AvgIpc) is 3.38. The molecular weight excluding hydrogens is 376 g/mol. The lowest BCUT2D eigenvalue weighted by molar-refractivity contribution is -0.120. The van der Waals surface area contributed by atoms with Crippen molar-refractivity contribution in [3.63, 3.8) is 0 Å². The van der Waals surface area contributed by atoms with E-state index in [1.165, 1.54) is 11.3 Å². The van der Waals surface area contributed by atoms with Crippen molar-refractivity contribution in [2.75, 3.05) is 19.8 Å². The smallest absolute Gasteiger partial charge is 0.226 e. The fraction of sp³-hybridized carbons (Fsp3) is 0.333. The number of nitrogens with one attached hydrogen (secondary N) is 1. The number of hydrogen-bond donors (Lipinski definition) is 1. The molecule has 0 fully saturated rings. The summed E-state index contributed by atoms with van der Waals surface area (Å²) in [6.07, 6.45) is 2.65. The van der Waals surface area contributed by atoms with Gasteiger partial charge in [-0.25, -0.2) is 4.98 Å². The average molecular weight is 401 g/mol. The molecule has 6 nitrogen and oxygen atoms in total. The number of furan rings is 1. The molecule has 0 spiro atoms. The van der Waals surface area contributed by atoms with Crippen molar-refractivity contribution >= 4 is 17.2 Å². The van der Waals surface area contributed by atoms with Crippen LogP contribution in [0.25, 0.3) is 10.6 Å². The number of hydrogen-bond acceptors (Lipinski definition) is 6. The Hall–Kier alpha value is -2.64. The van der Waals surface area contributed by atoms with Crippen LogP contribution in [0.1, 0.15) is 24.8 Å². The predicted octanol–water partition coefficient (Wildman–Crippen LogP) is 4.07. The van der Waals surface area contributed by atoms with Crippen molar-refractivity contribution in [2.45, 2.75) is 26.4 Å². The van der Waals surface area contributed by atoms with Crippen LogP contribution in [-0.4, -0.2) is 30.6 Å². The zero-order valence-electron chi connectivity index (χ0n) is 15.8. The summed E-state index contributed by atoms with van der Waals surface area (Å²) in [5, 5.41) is 5.73. The minimum absolute atomic E-state index is 0.0328. The van der Waals surface area contributed by atoms with Gasteiger partial charge in [0.1, 0.15) is 23.1 Å². The molecule has 1 N–H and O–H groups in total. The van der Waals surface area contributed by atoms with Crippen molar-refractivity contribution in [2.24, 2.45) is 0 Å². The van der Waals surface area contributed by atoms with Gasteiger partial charge in [0.2, 0.25) is 5.91 Å². The quantitative estimate of drug-likeness (QED) is 0.491. The molecule has 0 bridgehead atoms. The highest BCUT2D eigenvalue weighted by molar-refractivity contribution is 7.13. The number of benzene rings is 1. The van der Waals surface area contributed by atoms with E-state index in [9.17, 15) is 4.79 Å². The number of carbonyl (C=O) groups is 1. The van der Waals surface area contributed by atoms with Gasteiger partial charge in [0, 0.05) is 24.1 Å². The second kappa shape index (κ2) is 10.6. The minimum atomic E-state index is -0.0328. The van der Waals surface area contributed by atoms with Crippen molar-refractivity contribution in [3.8, 4) is 16.3 Å². The maximum atomic E-state index is 12.1. The third-order valence-electron chi connectivity index (χ3n) is 3.92. The lowest BCUT2D eigenvalue weighted by Gasteiger charge is -2.05. The molecule has 0 radical (unpaired) electrons. The number of nitrogens with zero attached hydrogens (tertiary/aromatic N) is 1. The Morgan fingerprint density at radius 3 is 2.86 bits per heavy atom. The maximum Gasteiger partial charge on any atom is 0.226 e. The van der Waals surface area contributed by atoms with Crippen LogP contribution in [-0.2, 0) is 22.6 Å². The van der Waals surface area contributed by atoms with Gasteiger partial charge in [0.25, 0.3) is 0 Å². The van der Waals surface area contributed by atoms with Crippen molar-refractivity contribution in [3.05, 3.63) is 59.5 Å². The van der Waals surface area contributed by atoms with Crippen LogP contribution in [0.5, 0.6) is 5.75 Å². The lowest BCUT2D eigenvalue weighted by Crippen LogP contribution is -2.26. The molecule has 28 heavy (non-hydrogen) atoms. The molecule has 148 valence electrons. The van der Waals surface area contributed by atoms with E-state index < -0.39 is 0 Å². The summed E-state index contributed by atoms with van der Waals surface area (Å²) in [5.41, 5.74) is 1.80. The number of carbonyl (C=O) groups excluding carboxylic acids is 1. The Labute approximate surface area is 168 Å². The van der Waals surface area contributed by atoms with Crippen LogP contribution in [0, 0.1) is 0 Å². The summed E-state index contributed by atoms with van der Waals surface area (Å²) in [4.78, 5) is 16.6. The molecule has 0 unspecified atom stereocenters. The molecule has 1 aromatic carbocycles. The predicted molar refractivity (Wildman–Crippen MR) is 108 cm³/mol. The van der Waals surface area contributed by atoms with E-state index in [1.54, 1.807) is 6.26 Å². The van der Waals surface area contributed by atoms with Crippen molar-refractivity contribution in [1.82, 2.24) is 10.3 Å². The molecule has 2 aromatic heterocycles. The van der Waals surface area contributed by atoms with E-state index in [1.807, 2.05) is 48.7 Å². The minimum Gasteiger partial charge on any atom is -0.494 e. The number of amides is 1. The molecule has 2 heterocycles. The summed E-state index contributed by atoms with van der Waals surface area (Å²) in [6, 6.07) is 11.5. The molecule has 3 aromatic rings. The fourth-order valence-corrected chi connectivity index (χ4v) is 3.40. The van der Waals surface area contributed by atoms with E-state index in [4.69, 9.17) is 13.9 Å². The van der Waals surface area contributed by atoms with Gasteiger partial charge < -0.3 is 19.2 Å². The van der Waals surface area contributed by atoms with Crippen LogP contribution in [0.15, 0.2) is 52.5 Å². The molecule has 7 heteroatoms. The van der Waals surface area contributed by atoms with Crippen LogP contribution >= 0.6 is 11.3 Å². The highest BCUT2D eigenvalue weighted by Crippen LogP contribution is 2.26. The van der Waals surface area contributed by atoms with E-state index in [2.05, 4.69) is 10.3 Å². The molecule has 0 aliphatic heterocycles. The zero-order chi connectivity index (χ0) is 19.6. The second-order valence-electron chi connectivity index (χ2n) is 6.11. The monoisotopic (exact) mass is 400 g/mol. The Bertz CT molecular complexity index is 844. The molecule has 3 rings (SSSR count). The summed E-state index contributed by atoms with van der Waals surface area (Å²) in [7, 11) is 0. The van der Waals surface area contributed by atoms with Gasteiger partial charge >= 0.3 is 0 Å². The second-order valence-corrected chi connectivity index (χ2v) is 6.97. The Kier molecular flexibility index (Phi) is 7.63. The fourth-order valence-electron chi connectivity index (χ4n) is 2.58. The highest BCUT2D eigenvalue weighted by Gasteiger charge is 2.09. The third kappa shape index (κ3) is 6.21. The van der Waals surface area contributed by atoms with Gasteiger partial charge in [-0.2, -0.15) is 0 Å². The number of ether oxygens (including phenoxy) is 2. The van der Waals surface area contributed by atoms with Crippen molar-refractivity contribution < 1.29 is 18.7 Å². The Morgan fingerprint density at radius 1 is 1.25 bits per heavy atom. The first-order valence-corrected chi connectivity index (χ1v) is 10.2. The molecule has 0 saturated heterocycles. The van der Waals surface area contributed by atoms with E-state index in [-0.39, 0.29) is 12.3 Å². The highest BCUT2D eigenvalue weighted by atomic mass is 32.1. The molecule has 1 amide bonds. The summed E-state index contributed by atoms with van der Waals surface area (Å²) >= 11 is 1.54. The van der Waals surface area contributed by atoms with Gasteiger partial charge in [0.15, 0.2) is 0 Å². The van der Waals surface area contributed by atoms with Crippen LogP contribution < -0.4 is 10.1 Å². The van der Waals surface area contributed by atoms with Gasteiger partial charge in [0.05, 0.1) is 25.0 Å². The SMILES string of the molecule is CCOc1ccc(-c2nc(CC(=O)NCCCOCc3ccco3)cs2)cc1. The molecule has 0 aliphatic carbocycles. The van der Waals surface area contributed by atoms with E-state index >= 15 is 0 Å². The number of thiazole rings is 1. The first-order chi connectivity index (χ1) is 13.7. The largest absolute Gasteiger partial charge is 0.494 e. The summed E-state index contributed by atoms with van der Waals surface area (Å²) < 4.78 is 16.1. The van der Waals surface area contributed by atoms with E-state index in [0.29, 0.717) is 26.4 Å². The first kappa shape index (κ1) is 20.1. The normalized spacial score (nSPS) is 10.8. The topological polar surface area (TPSA) is 73.6 Å². The molecular formula is C21H24N2O4S. The van der Waals surface area contributed by atoms with Gasteiger partial charge in [-0.15, -0.1) is 11.3 Å². The summed E-state index contributed by atoms with van der Waals surface area (Å²) in [6.45, 7) is 4.20. The summed E-state index contributed by atoms with van der Waals surface area (Å²) in [5.74, 6) is 1.61. The molecule has 0 aliphatic rings. The lowest BCUT2D eigenvalue weighted by atomic mass is 10.2. The van der Waals surface area contributed by atoms with Crippen molar-refractivity contribution in [1.29, 1.82) is 0 Å². The molecule has 0 atom stereocenters. The van der Waals surface area contributed by atoms with Gasteiger partial charge in [-0.05, 0) is 49.7 Å². The van der Waals surface area contributed by atoms with Crippen LogP contribution in [0.4, 0.5) is 0 Å². The first-order valence-electron chi connectivity index (χ1n) is 9.29. The molecule has 0 saturated carbocycles. The maximum absolute atomic E-state index is 12.1. The van der Waals surface area contributed by atoms with Gasteiger partial charge in [-0.1, -0.05) is 0 Å². The third-order valence-corrected chi connectivity index (χ3v) is 4.86.